The highest BCUT2D eigenvalue weighted by Gasteiger charge is 2.46. The molecule has 0 aliphatic heterocycles. The maximum Gasteiger partial charge on any atom is 0.326 e. The van der Waals surface area contributed by atoms with Crippen LogP contribution in [0.25, 0.3) is 0 Å². The molecule has 0 amide bonds. The number of hydrogen-bond acceptors (Lipinski definition) is 4. The van der Waals surface area contributed by atoms with Crippen LogP contribution in [0.2, 0.25) is 0 Å². The lowest BCUT2D eigenvalue weighted by Crippen LogP contribution is -2.52. The molecule has 4 nitrogen and oxygen atoms in total. The average Bonchev–Trinajstić information content (AvgIpc) is 2.87. The van der Waals surface area contributed by atoms with Gasteiger partial charge in [-0.1, -0.05) is 6.42 Å². The van der Waals surface area contributed by atoms with Crippen molar-refractivity contribution in [3.63, 3.8) is 0 Å². The van der Waals surface area contributed by atoms with Crippen LogP contribution >= 0.6 is 0 Å². The van der Waals surface area contributed by atoms with Crippen molar-refractivity contribution in [2.75, 3.05) is 25.6 Å². The van der Waals surface area contributed by atoms with Crippen LogP contribution in [0.1, 0.15) is 25.7 Å². The first kappa shape index (κ1) is 15.8. The number of nitrogens with zero attached hydrogens (tertiary/aromatic N) is 1. The average molecular weight is 294 g/mol. The monoisotopic (exact) mass is 294 g/mol. The number of anilines is 1. The van der Waals surface area contributed by atoms with E-state index in [4.69, 9.17) is 10.5 Å². The molecule has 2 unspecified atom stereocenters. The molecule has 116 valence electrons. The topological polar surface area (TPSA) is 55.6 Å². The zero-order valence-electron chi connectivity index (χ0n) is 12.6. The van der Waals surface area contributed by atoms with Gasteiger partial charge in [-0.25, -0.2) is 4.39 Å². The van der Waals surface area contributed by atoms with Gasteiger partial charge in [-0.15, -0.1) is 0 Å². The first-order valence-corrected chi connectivity index (χ1v) is 7.31. The summed E-state index contributed by atoms with van der Waals surface area (Å²) in [5.41, 5.74) is 6.36. The molecular formula is C16H23FN2O2. The second-order valence-corrected chi connectivity index (χ2v) is 5.81. The molecule has 0 heterocycles. The fourth-order valence-electron chi connectivity index (χ4n) is 3.14. The van der Waals surface area contributed by atoms with Gasteiger partial charge in [0.15, 0.2) is 0 Å². The quantitative estimate of drug-likeness (QED) is 0.847. The van der Waals surface area contributed by atoms with Crippen molar-refractivity contribution in [3.8, 4) is 0 Å². The van der Waals surface area contributed by atoms with E-state index in [0.717, 1.165) is 31.5 Å². The Labute approximate surface area is 125 Å². The smallest absolute Gasteiger partial charge is 0.326 e. The van der Waals surface area contributed by atoms with Gasteiger partial charge in [0.2, 0.25) is 0 Å². The minimum absolute atomic E-state index is 0.132. The highest BCUT2D eigenvalue weighted by Crippen LogP contribution is 2.37. The van der Waals surface area contributed by atoms with Crippen molar-refractivity contribution in [2.24, 2.45) is 11.7 Å². The zero-order chi connectivity index (χ0) is 15.5. The fourth-order valence-corrected chi connectivity index (χ4v) is 3.14. The maximum atomic E-state index is 12.9. The summed E-state index contributed by atoms with van der Waals surface area (Å²) in [4.78, 5) is 13.9. The van der Waals surface area contributed by atoms with Gasteiger partial charge >= 0.3 is 5.97 Å². The Morgan fingerprint density at radius 1 is 1.48 bits per heavy atom. The van der Waals surface area contributed by atoms with E-state index in [0.29, 0.717) is 6.42 Å². The molecule has 2 atom stereocenters. The van der Waals surface area contributed by atoms with E-state index in [2.05, 4.69) is 4.90 Å². The van der Waals surface area contributed by atoms with Crippen LogP contribution in [0.4, 0.5) is 10.1 Å². The van der Waals surface area contributed by atoms with E-state index in [1.165, 1.54) is 19.2 Å². The van der Waals surface area contributed by atoms with Gasteiger partial charge in [-0.05, 0) is 49.4 Å². The van der Waals surface area contributed by atoms with E-state index < -0.39 is 5.54 Å². The lowest BCUT2D eigenvalue weighted by molar-refractivity contribution is -0.148. The van der Waals surface area contributed by atoms with Crippen LogP contribution in [-0.2, 0) is 9.53 Å². The zero-order valence-corrected chi connectivity index (χ0v) is 12.6. The number of rotatable bonds is 5. The number of halogens is 1. The number of ether oxygens (including phenoxy) is 1. The second kappa shape index (κ2) is 6.43. The molecule has 0 spiro atoms. The van der Waals surface area contributed by atoms with Crippen LogP contribution in [-0.4, -0.2) is 32.2 Å². The summed E-state index contributed by atoms with van der Waals surface area (Å²) < 4.78 is 17.8. The molecule has 0 saturated heterocycles. The summed E-state index contributed by atoms with van der Waals surface area (Å²) in [6.45, 7) is 0.770. The molecule has 0 aromatic heterocycles. The summed E-state index contributed by atoms with van der Waals surface area (Å²) >= 11 is 0. The standard InChI is InChI=1S/C16H23FN2O2/c1-19(14-7-5-13(17)6-8-14)11-9-12-4-3-10-16(12,18)15(20)21-2/h5-8,12H,3-4,9-11,18H2,1-2H3. The summed E-state index contributed by atoms with van der Waals surface area (Å²) in [6, 6.07) is 6.39. The summed E-state index contributed by atoms with van der Waals surface area (Å²) in [5, 5.41) is 0. The Bertz CT molecular complexity index is 492. The highest BCUT2D eigenvalue weighted by atomic mass is 19.1. The first-order valence-electron chi connectivity index (χ1n) is 7.31. The summed E-state index contributed by atoms with van der Waals surface area (Å²) in [6.07, 6.45) is 3.41. The van der Waals surface area contributed by atoms with Gasteiger partial charge in [-0.3, -0.25) is 4.79 Å². The van der Waals surface area contributed by atoms with Crippen molar-refractivity contribution in [2.45, 2.75) is 31.2 Å². The molecule has 0 radical (unpaired) electrons. The number of hydrogen-bond donors (Lipinski definition) is 1. The summed E-state index contributed by atoms with van der Waals surface area (Å²) in [7, 11) is 3.34. The molecule has 1 saturated carbocycles. The van der Waals surface area contributed by atoms with Gasteiger partial charge in [0, 0.05) is 19.3 Å². The lowest BCUT2D eigenvalue weighted by Gasteiger charge is -2.30. The Morgan fingerprint density at radius 3 is 2.76 bits per heavy atom. The van der Waals surface area contributed by atoms with Crippen LogP contribution in [0.3, 0.4) is 0 Å². The van der Waals surface area contributed by atoms with Crippen LogP contribution in [0.5, 0.6) is 0 Å². The second-order valence-electron chi connectivity index (χ2n) is 5.81. The van der Waals surface area contributed by atoms with Crippen molar-refractivity contribution in [1.82, 2.24) is 0 Å². The summed E-state index contributed by atoms with van der Waals surface area (Å²) in [5.74, 6) is -0.420. The fraction of sp³-hybridized carbons (Fsp3) is 0.562. The number of carbonyl (C=O) groups excluding carboxylic acids is 1. The Hall–Kier alpha value is -1.62. The normalized spacial score (nSPS) is 24.9. The van der Waals surface area contributed by atoms with Crippen molar-refractivity contribution in [3.05, 3.63) is 30.1 Å². The minimum Gasteiger partial charge on any atom is -0.468 e. The third-order valence-corrected chi connectivity index (χ3v) is 4.52. The third-order valence-electron chi connectivity index (χ3n) is 4.52. The van der Waals surface area contributed by atoms with E-state index in [1.54, 1.807) is 12.1 Å². The molecular weight excluding hydrogens is 271 g/mol. The van der Waals surface area contributed by atoms with Gasteiger partial charge < -0.3 is 15.4 Å². The Kier molecular flexibility index (Phi) is 4.83. The van der Waals surface area contributed by atoms with Crippen molar-refractivity contribution in [1.29, 1.82) is 0 Å². The number of nitrogens with two attached hydrogens (primary N) is 1. The molecule has 1 aliphatic carbocycles. The largest absolute Gasteiger partial charge is 0.468 e. The van der Waals surface area contributed by atoms with Crippen LogP contribution in [0, 0.1) is 11.7 Å². The predicted octanol–water partition coefficient (Wildman–Crippen LogP) is 2.32. The molecule has 1 aromatic rings. The van der Waals surface area contributed by atoms with E-state index >= 15 is 0 Å². The van der Waals surface area contributed by atoms with E-state index in [9.17, 15) is 9.18 Å². The molecule has 2 rings (SSSR count). The van der Waals surface area contributed by atoms with Gasteiger partial charge in [0.25, 0.3) is 0 Å². The lowest BCUT2D eigenvalue weighted by atomic mass is 9.85. The number of carbonyl (C=O) groups is 1. The van der Waals surface area contributed by atoms with Crippen LogP contribution < -0.4 is 10.6 Å². The molecule has 2 N–H and O–H groups in total. The molecule has 5 heteroatoms. The number of benzene rings is 1. The third kappa shape index (κ3) is 3.35. The Morgan fingerprint density at radius 2 is 2.14 bits per heavy atom. The molecule has 1 fully saturated rings. The molecule has 0 bridgehead atoms. The van der Waals surface area contributed by atoms with E-state index in [1.807, 2.05) is 7.05 Å². The number of methoxy groups -OCH3 is 1. The van der Waals surface area contributed by atoms with Crippen molar-refractivity contribution >= 4 is 11.7 Å². The molecule has 1 aromatic carbocycles. The first-order chi connectivity index (χ1) is 9.97. The molecule has 1 aliphatic rings. The molecule has 21 heavy (non-hydrogen) atoms. The Balaban J connectivity index is 1.95. The maximum absolute atomic E-state index is 12.9. The minimum atomic E-state index is -0.849. The van der Waals surface area contributed by atoms with Gasteiger partial charge in [0.1, 0.15) is 11.4 Å². The predicted molar refractivity (Wildman–Crippen MR) is 80.6 cm³/mol. The number of esters is 1. The highest BCUT2D eigenvalue weighted by molar-refractivity contribution is 5.81. The SMILES string of the molecule is COC(=O)C1(N)CCCC1CCN(C)c1ccc(F)cc1. The van der Waals surface area contributed by atoms with Crippen LogP contribution in [0.15, 0.2) is 24.3 Å². The van der Waals surface area contributed by atoms with E-state index in [-0.39, 0.29) is 17.7 Å². The van der Waals surface area contributed by atoms with Crippen molar-refractivity contribution < 1.29 is 13.9 Å². The van der Waals surface area contributed by atoms with Gasteiger partial charge in [-0.2, -0.15) is 0 Å². The van der Waals surface area contributed by atoms with Gasteiger partial charge in [0.05, 0.1) is 7.11 Å².